The van der Waals surface area contributed by atoms with E-state index in [4.69, 9.17) is 14.0 Å². The number of rotatable bonds is 11. The lowest BCUT2D eigenvalue weighted by molar-refractivity contribution is 0.302. The maximum Gasteiger partial charge on any atom is 0.864 e. The van der Waals surface area contributed by atoms with Crippen LogP contribution in [0.4, 0.5) is 8.78 Å². The Morgan fingerprint density at radius 2 is 0.820 bits per heavy atom. The van der Waals surface area contributed by atoms with Crippen LogP contribution >= 0.6 is 7.92 Å². The zero-order valence-electron chi connectivity index (χ0n) is 38.8. The fourth-order valence-electron chi connectivity index (χ4n) is 11.0. The van der Waals surface area contributed by atoms with E-state index in [0.717, 1.165) is 158 Å². The molecule has 3 nitrogen and oxygen atoms in total. The van der Waals surface area contributed by atoms with Gasteiger partial charge < -0.3 is 14.0 Å². The highest BCUT2D eigenvalue weighted by molar-refractivity contribution is 7.80. The van der Waals surface area contributed by atoms with Crippen LogP contribution < -0.4 is 29.9 Å². The predicted molar refractivity (Wildman–Crippen MR) is 254 cm³/mol. The molecule has 1 unspecified atom stereocenters. The molecule has 2 aliphatic rings. The average Bonchev–Trinajstić information content (AvgIpc) is 3.18. The molecule has 5 aromatic carbocycles. The van der Waals surface area contributed by atoms with E-state index in [-0.39, 0.29) is 23.5 Å². The van der Waals surface area contributed by atoms with Crippen LogP contribution in [0.25, 0.3) is 0 Å². The highest BCUT2D eigenvalue weighted by atomic mass is 31.1. The second-order valence-corrected chi connectivity index (χ2v) is 20.7. The Hall–Kier alpha value is -4.15. The largest absolute Gasteiger partial charge is 0.864 e. The summed E-state index contributed by atoms with van der Waals surface area (Å²) in [7, 11) is -2.60. The topological polar surface area (TPSA) is 27.7 Å². The number of hydrogen-bond acceptors (Lipinski definition) is 3. The van der Waals surface area contributed by atoms with E-state index in [9.17, 15) is 0 Å². The second-order valence-electron chi connectivity index (χ2n) is 18.7. The van der Waals surface area contributed by atoms with Crippen molar-refractivity contribution in [2.45, 2.75) is 159 Å². The lowest BCUT2D eigenvalue weighted by atomic mass is 9.79. The molecule has 7 rings (SSSR count). The van der Waals surface area contributed by atoms with Crippen LogP contribution in [0.1, 0.15) is 154 Å². The summed E-state index contributed by atoms with van der Waals surface area (Å²) in [5.41, 5.74) is 13.8. The average molecular weight is 843 g/mol. The van der Waals surface area contributed by atoms with E-state index in [1.807, 2.05) is 0 Å². The Morgan fingerprint density at radius 3 is 1.28 bits per heavy atom. The van der Waals surface area contributed by atoms with Gasteiger partial charge in [-0.25, -0.2) is 8.78 Å². The van der Waals surface area contributed by atoms with Crippen molar-refractivity contribution < 1.29 is 22.7 Å². The normalized spacial score (nSPS) is 15.5. The van der Waals surface area contributed by atoms with Gasteiger partial charge >= 0.3 is 7.32 Å². The fraction of sp³-hybridized carbons (Fsp3) is 0.444. The lowest BCUT2D eigenvalue weighted by Gasteiger charge is -2.34. The molecular formula is C54H66BF2O3P. The summed E-state index contributed by atoms with van der Waals surface area (Å²) in [6.45, 7) is 25.2. The van der Waals surface area contributed by atoms with Crippen LogP contribution in [0.3, 0.4) is 0 Å². The molecule has 61 heavy (non-hydrogen) atoms. The van der Waals surface area contributed by atoms with Gasteiger partial charge in [0.25, 0.3) is 0 Å². The van der Waals surface area contributed by atoms with E-state index >= 15 is 8.78 Å². The van der Waals surface area contributed by atoms with E-state index < -0.39 is 15.2 Å². The molecule has 0 aromatic heterocycles. The summed E-state index contributed by atoms with van der Waals surface area (Å²) in [6, 6.07) is 16.9. The van der Waals surface area contributed by atoms with Crippen molar-refractivity contribution in [1.82, 2.24) is 0 Å². The van der Waals surface area contributed by atoms with E-state index in [1.165, 1.54) is 5.56 Å². The van der Waals surface area contributed by atoms with Crippen molar-refractivity contribution >= 4 is 31.2 Å². The molecule has 322 valence electrons. The molecule has 1 atom stereocenters. The molecular weight excluding hydrogens is 776 g/mol. The highest BCUT2D eigenvalue weighted by Crippen LogP contribution is 2.48. The van der Waals surface area contributed by atoms with E-state index in [1.54, 1.807) is 6.07 Å². The minimum absolute atomic E-state index is 0.0395. The summed E-state index contributed by atoms with van der Waals surface area (Å²) in [6.07, 6.45) is 9.95. The number of hydrogen-bond donors (Lipinski definition) is 0. The lowest BCUT2D eigenvalue weighted by Crippen LogP contribution is -2.39. The summed E-state index contributed by atoms with van der Waals surface area (Å²) in [5, 5.41) is 3.04. The standard InChI is InChI=1S/C54H66BF2O3P/c1-31-23-34(4)50(35(5)24-31)58-55(59-51-36(6)25-32(2)26-37(51)7)60-52-38(8)29-41(11)54(42(52)12)61(53-39(9)27-33(3)28-40(53)10)46-30-45(56)47(43-19-15-13-16-20-43)49(57)48(46)44-21-17-14-18-22-44/h23-30,43-44H,13-22H2,1-12H3. The van der Waals surface area contributed by atoms with Gasteiger partial charge in [0.2, 0.25) is 0 Å². The minimum Gasteiger partial charge on any atom is -0.489 e. The molecule has 0 N–H and O–H groups in total. The quantitative estimate of drug-likeness (QED) is 0.0979. The van der Waals surface area contributed by atoms with Crippen molar-refractivity contribution in [3.05, 3.63) is 138 Å². The first-order valence-electron chi connectivity index (χ1n) is 22.7. The molecule has 5 aromatic rings. The van der Waals surface area contributed by atoms with Gasteiger partial charge in [0.15, 0.2) is 0 Å². The molecule has 2 fully saturated rings. The van der Waals surface area contributed by atoms with Crippen molar-refractivity contribution in [2.75, 3.05) is 0 Å². The fourth-order valence-corrected chi connectivity index (χ4v) is 14.2. The Morgan fingerprint density at radius 1 is 0.443 bits per heavy atom. The van der Waals surface area contributed by atoms with Crippen molar-refractivity contribution in [3.8, 4) is 17.2 Å². The predicted octanol–water partition coefficient (Wildman–Crippen LogP) is 14.0. The Kier molecular flexibility index (Phi) is 13.7. The molecule has 0 aliphatic heterocycles. The van der Waals surface area contributed by atoms with Crippen LogP contribution in [0, 0.1) is 94.7 Å². The van der Waals surface area contributed by atoms with E-state index in [2.05, 4.69) is 126 Å². The van der Waals surface area contributed by atoms with Gasteiger partial charge in [-0.3, -0.25) is 0 Å². The first kappa shape index (κ1) is 44.9. The van der Waals surface area contributed by atoms with Crippen LogP contribution in [-0.4, -0.2) is 7.32 Å². The summed E-state index contributed by atoms with van der Waals surface area (Å²) in [5.74, 6) is 1.38. The van der Waals surface area contributed by atoms with Crippen LogP contribution in [0.15, 0.2) is 48.5 Å². The highest BCUT2D eigenvalue weighted by Gasteiger charge is 2.38. The van der Waals surface area contributed by atoms with Crippen molar-refractivity contribution in [3.63, 3.8) is 0 Å². The number of aryl methyl sites for hydroxylation is 11. The first-order valence-corrected chi connectivity index (χ1v) is 24.0. The van der Waals surface area contributed by atoms with Crippen LogP contribution in [-0.2, 0) is 0 Å². The summed E-state index contributed by atoms with van der Waals surface area (Å²) < 4.78 is 55.6. The van der Waals surface area contributed by atoms with Gasteiger partial charge in [0.05, 0.1) is 0 Å². The summed E-state index contributed by atoms with van der Waals surface area (Å²) >= 11 is 0. The van der Waals surface area contributed by atoms with Gasteiger partial charge in [-0.15, -0.1) is 0 Å². The minimum atomic E-state index is -1.47. The van der Waals surface area contributed by atoms with E-state index in [0.29, 0.717) is 11.3 Å². The summed E-state index contributed by atoms with van der Waals surface area (Å²) in [4.78, 5) is 0. The first-order chi connectivity index (χ1) is 29.0. The Labute approximate surface area is 367 Å². The van der Waals surface area contributed by atoms with Crippen molar-refractivity contribution in [2.24, 2.45) is 0 Å². The molecule has 7 heteroatoms. The van der Waals surface area contributed by atoms with Crippen LogP contribution in [0.2, 0.25) is 0 Å². The van der Waals surface area contributed by atoms with Crippen LogP contribution in [0.5, 0.6) is 17.2 Å². The Balaban J connectivity index is 1.46. The molecule has 0 amide bonds. The Bertz CT molecular complexity index is 2320. The maximum absolute atomic E-state index is 17.8. The molecule has 0 radical (unpaired) electrons. The number of halogens is 2. The molecule has 2 aliphatic carbocycles. The molecule has 0 saturated heterocycles. The third-order valence-corrected chi connectivity index (χ3v) is 16.5. The number of benzene rings is 5. The third kappa shape index (κ3) is 9.32. The molecule has 0 bridgehead atoms. The second kappa shape index (κ2) is 18.7. The maximum atomic E-state index is 17.8. The molecule has 0 spiro atoms. The molecule has 0 heterocycles. The van der Waals surface area contributed by atoms with Gasteiger partial charge in [0, 0.05) is 5.56 Å². The zero-order valence-corrected chi connectivity index (χ0v) is 39.7. The van der Waals surface area contributed by atoms with Gasteiger partial charge in [0.1, 0.15) is 28.9 Å². The van der Waals surface area contributed by atoms with Gasteiger partial charge in [-0.2, -0.15) is 0 Å². The smallest absolute Gasteiger partial charge is 0.489 e. The monoisotopic (exact) mass is 842 g/mol. The van der Waals surface area contributed by atoms with Gasteiger partial charge in [-0.05, 0) is 206 Å². The molecule has 2 saturated carbocycles. The SMILES string of the molecule is Cc1cc(C)c(OB(Oc2c(C)cc(C)cc2C)Oc2c(C)cc(C)c(P(c3cc(F)c(C4CCCCC4)c(F)c3C3CCCCC3)c3c(C)cc(C)cc3C)c2C)c(C)c1. The zero-order chi connectivity index (χ0) is 43.9. The van der Waals surface area contributed by atoms with Gasteiger partial charge in [-0.1, -0.05) is 97.7 Å². The third-order valence-electron chi connectivity index (χ3n) is 13.3. The van der Waals surface area contributed by atoms with Crippen molar-refractivity contribution in [1.29, 1.82) is 0 Å².